The molecule has 0 radical (unpaired) electrons. The first-order valence-corrected chi connectivity index (χ1v) is 5.71. The Balaban J connectivity index is 2.94. The summed E-state index contributed by atoms with van der Waals surface area (Å²) in [4.78, 5) is 12.1. The number of amides is 1. The molecule has 4 heteroatoms. The number of aliphatic hydroxyl groups excluding tert-OH is 1. The van der Waals surface area contributed by atoms with Gasteiger partial charge in [0.15, 0.2) is 0 Å². The molecule has 0 aliphatic carbocycles. The van der Waals surface area contributed by atoms with Crippen molar-refractivity contribution in [1.82, 2.24) is 5.32 Å². The van der Waals surface area contributed by atoms with Gasteiger partial charge in [0.1, 0.15) is 0 Å². The Labute approximate surface area is 102 Å². The predicted octanol–water partition coefficient (Wildman–Crippen LogP) is 1.47. The maximum absolute atomic E-state index is 12.1. The highest BCUT2D eigenvalue weighted by Crippen LogP contribution is 2.15. The summed E-state index contributed by atoms with van der Waals surface area (Å²) in [6, 6.07) is 5.22. The fourth-order valence-electron chi connectivity index (χ4n) is 1.47. The van der Waals surface area contributed by atoms with Crippen LogP contribution in [-0.2, 0) is 0 Å². The fourth-order valence-corrected chi connectivity index (χ4v) is 1.47. The number of nitrogens with two attached hydrogens (primary N) is 1. The minimum atomic E-state index is -0.589. The van der Waals surface area contributed by atoms with Gasteiger partial charge in [0, 0.05) is 11.3 Å². The highest BCUT2D eigenvalue weighted by atomic mass is 16.3. The Hall–Kier alpha value is -1.55. The Morgan fingerprint density at radius 1 is 1.53 bits per heavy atom. The Morgan fingerprint density at radius 3 is 2.71 bits per heavy atom. The molecule has 0 spiro atoms. The molecule has 4 nitrogen and oxygen atoms in total. The van der Waals surface area contributed by atoms with Crippen molar-refractivity contribution in [2.24, 2.45) is 0 Å². The van der Waals surface area contributed by atoms with E-state index in [1.165, 1.54) is 0 Å². The third-order valence-electron chi connectivity index (χ3n) is 3.05. The lowest BCUT2D eigenvalue weighted by atomic mass is 9.98. The SMILES string of the molecule is CCC(C)(CO)NC(=O)c1cc(N)ccc1C. The zero-order valence-electron chi connectivity index (χ0n) is 10.6. The van der Waals surface area contributed by atoms with Crippen LogP contribution in [0.5, 0.6) is 0 Å². The van der Waals surface area contributed by atoms with Gasteiger partial charge in [0.2, 0.25) is 0 Å². The molecule has 1 amide bonds. The lowest BCUT2D eigenvalue weighted by molar-refractivity contribution is 0.0847. The molecule has 1 atom stereocenters. The van der Waals surface area contributed by atoms with Gasteiger partial charge in [-0.1, -0.05) is 13.0 Å². The first-order valence-electron chi connectivity index (χ1n) is 5.71. The first-order chi connectivity index (χ1) is 7.91. The zero-order chi connectivity index (χ0) is 13.1. The summed E-state index contributed by atoms with van der Waals surface area (Å²) in [5, 5.41) is 12.1. The molecule has 0 aliphatic rings. The fraction of sp³-hybridized carbons (Fsp3) is 0.462. The molecular formula is C13H20N2O2. The minimum absolute atomic E-state index is 0.0867. The van der Waals surface area contributed by atoms with Crippen LogP contribution in [0.15, 0.2) is 18.2 Å². The number of rotatable bonds is 4. The molecule has 0 heterocycles. The van der Waals surface area contributed by atoms with Gasteiger partial charge in [-0.05, 0) is 38.0 Å². The van der Waals surface area contributed by atoms with E-state index in [-0.39, 0.29) is 12.5 Å². The smallest absolute Gasteiger partial charge is 0.252 e. The number of carbonyl (C=O) groups is 1. The van der Waals surface area contributed by atoms with Gasteiger partial charge >= 0.3 is 0 Å². The van der Waals surface area contributed by atoms with E-state index in [4.69, 9.17) is 5.73 Å². The largest absolute Gasteiger partial charge is 0.399 e. The molecule has 0 bridgehead atoms. The number of aryl methyl sites for hydroxylation is 1. The van der Waals surface area contributed by atoms with Gasteiger partial charge in [-0.3, -0.25) is 4.79 Å². The molecule has 4 N–H and O–H groups in total. The molecule has 1 rings (SSSR count). The summed E-state index contributed by atoms with van der Waals surface area (Å²) in [7, 11) is 0. The van der Waals surface area contributed by atoms with Gasteiger partial charge in [-0.15, -0.1) is 0 Å². The van der Waals surface area contributed by atoms with Gasteiger partial charge in [-0.25, -0.2) is 0 Å². The number of carbonyl (C=O) groups excluding carboxylic acids is 1. The van der Waals surface area contributed by atoms with Crippen LogP contribution >= 0.6 is 0 Å². The van der Waals surface area contributed by atoms with Crippen molar-refractivity contribution in [3.05, 3.63) is 29.3 Å². The van der Waals surface area contributed by atoms with Gasteiger partial charge in [-0.2, -0.15) is 0 Å². The highest BCUT2D eigenvalue weighted by molar-refractivity contribution is 5.96. The number of aliphatic hydroxyl groups is 1. The van der Waals surface area contributed by atoms with Crippen molar-refractivity contribution in [2.45, 2.75) is 32.7 Å². The molecule has 0 aliphatic heterocycles. The number of anilines is 1. The summed E-state index contributed by atoms with van der Waals surface area (Å²) in [6.07, 6.45) is 0.663. The van der Waals surface area contributed by atoms with Crippen molar-refractivity contribution >= 4 is 11.6 Å². The summed E-state index contributed by atoms with van der Waals surface area (Å²) >= 11 is 0. The average Bonchev–Trinajstić information content (AvgIpc) is 2.32. The molecule has 17 heavy (non-hydrogen) atoms. The number of hydrogen-bond donors (Lipinski definition) is 3. The van der Waals surface area contributed by atoms with Crippen LogP contribution in [0.4, 0.5) is 5.69 Å². The van der Waals surface area contributed by atoms with Crippen LogP contribution < -0.4 is 11.1 Å². The Bertz CT molecular complexity index is 412. The Morgan fingerprint density at radius 2 is 2.18 bits per heavy atom. The van der Waals surface area contributed by atoms with E-state index in [2.05, 4.69) is 5.32 Å². The van der Waals surface area contributed by atoms with E-state index in [1.807, 2.05) is 26.8 Å². The molecule has 1 aromatic carbocycles. The van der Waals surface area contributed by atoms with Gasteiger partial charge in [0.05, 0.1) is 12.1 Å². The topological polar surface area (TPSA) is 75.3 Å². The van der Waals surface area contributed by atoms with Gasteiger partial charge in [0.25, 0.3) is 5.91 Å². The van der Waals surface area contributed by atoms with Gasteiger partial charge < -0.3 is 16.2 Å². The molecule has 94 valence electrons. The van der Waals surface area contributed by atoms with Crippen molar-refractivity contribution in [3.63, 3.8) is 0 Å². The van der Waals surface area contributed by atoms with E-state index in [0.717, 1.165) is 5.56 Å². The van der Waals surface area contributed by atoms with Crippen molar-refractivity contribution in [3.8, 4) is 0 Å². The highest BCUT2D eigenvalue weighted by Gasteiger charge is 2.24. The molecule has 0 saturated heterocycles. The monoisotopic (exact) mass is 236 g/mol. The second-order valence-corrected chi connectivity index (χ2v) is 4.60. The number of nitrogen functional groups attached to an aromatic ring is 1. The number of hydrogen-bond acceptors (Lipinski definition) is 3. The van der Waals surface area contributed by atoms with E-state index >= 15 is 0 Å². The van der Waals surface area contributed by atoms with Crippen molar-refractivity contribution < 1.29 is 9.90 Å². The van der Waals surface area contributed by atoms with E-state index in [9.17, 15) is 9.90 Å². The second-order valence-electron chi connectivity index (χ2n) is 4.60. The van der Waals surface area contributed by atoms with Crippen LogP contribution in [0.2, 0.25) is 0 Å². The molecular weight excluding hydrogens is 216 g/mol. The van der Waals surface area contributed by atoms with Crippen molar-refractivity contribution in [1.29, 1.82) is 0 Å². The third kappa shape index (κ3) is 3.20. The maximum Gasteiger partial charge on any atom is 0.252 e. The van der Waals surface area contributed by atoms with Crippen LogP contribution in [0, 0.1) is 6.92 Å². The molecule has 1 aromatic rings. The van der Waals surface area contributed by atoms with Crippen LogP contribution in [0.3, 0.4) is 0 Å². The molecule has 1 unspecified atom stereocenters. The van der Waals surface area contributed by atoms with Crippen LogP contribution in [0.1, 0.15) is 36.2 Å². The van der Waals surface area contributed by atoms with E-state index in [1.54, 1.807) is 12.1 Å². The number of benzene rings is 1. The first kappa shape index (κ1) is 13.5. The van der Waals surface area contributed by atoms with E-state index < -0.39 is 5.54 Å². The summed E-state index contributed by atoms with van der Waals surface area (Å²) in [6.45, 7) is 5.50. The van der Waals surface area contributed by atoms with Crippen molar-refractivity contribution in [2.75, 3.05) is 12.3 Å². The lowest BCUT2D eigenvalue weighted by Crippen LogP contribution is -2.48. The zero-order valence-corrected chi connectivity index (χ0v) is 10.6. The van der Waals surface area contributed by atoms with Crippen LogP contribution in [0.25, 0.3) is 0 Å². The molecule has 0 aromatic heterocycles. The summed E-state index contributed by atoms with van der Waals surface area (Å²) in [5.41, 5.74) is 7.06. The molecule has 0 saturated carbocycles. The third-order valence-corrected chi connectivity index (χ3v) is 3.05. The Kier molecular flexibility index (Phi) is 4.12. The van der Waals surface area contributed by atoms with E-state index in [0.29, 0.717) is 17.7 Å². The summed E-state index contributed by atoms with van der Waals surface area (Å²) < 4.78 is 0. The second kappa shape index (κ2) is 5.19. The quantitative estimate of drug-likeness (QED) is 0.693. The minimum Gasteiger partial charge on any atom is -0.399 e. The van der Waals surface area contributed by atoms with Crippen LogP contribution in [-0.4, -0.2) is 23.2 Å². The lowest BCUT2D eigenvalue weighted by Gasteiger charge is -2.27. The number of nitrogens with one attached hydrogen (secondary N) is 1. The normalized spacial score (nSPS) is 14.1. The standard InChI is InChI=1S/C13H20N2O2/c1-4-13(3,8-16)15-12(17)11-7-10(14)6-5-9(11)2/h5-7,16H,4,8,14H2,1-3H3,(H,15,17). The predicted molar refractivity (Wildman–Crippen MR) is 68.8 cm³/mol. The average molecular weight is 236 g/mol. The maximum atomic E-state index is 12.1. The molecule has 0 fully saturated rings. The summed E-state index contributed by atoms with van der Waals surface area (Å²) in [5.74, 6) is -0.201.